The highest BCUT2D eigenvalue weighted by molar-refractivity contribution is 7.80. The third-order valence-electron chi connectivity index (χ3n) is 8.46. The van der Waals surface area contributed by atoms with Gasteiger partial charge in [-0.05, 0) is 51.4 Å². The molecule has 4 aliphatic carbocycles. The second-order valence-electron chi connectivity index (χ2n) is 9.67. The van der Waals surface area contributed by atoms with Crippen molar-refractivity contribution >= 4 is 16.2 Å². The summed E-state index contributed by atoms with van der Waals surface area (Å²) in [5, 5.41) is 0. The highest BCUT2D eigenvalue weighted by atomic mass is 32.3. The van der Waals surface area contributed by atoms with Crippen LogP contribution >= 0.6 is 0 Å². The van der Waals surface area contributed by atoms with Gasteiger partial charge in [-0.2, -0.15) is 8.42 Å². The minimum atomic E-state index is -4.40. The van der Waals surface area contributed by atoms with Crippen molar-refractivity contribution in [3.63, 3.8) is 0 Å². The van der Waals surface area contributed by atoms with Crippen LogP contribution in [0.4, 0.5) is 0 Å². The molecule has 2 unspecified atom stereocenters. The lowest BCUT2D eigenvalue weighted by Gasteiger charge is -2.53. The lowest BCUT2D eigenvalue weighted by Crippen LogP contribution is -2.50. The average molecular weight is 396 g/mol. The fraction of sp³-hybridized carbons (Fsp3) is 0.810. The van der Waals surface area contributed by atoms with E-state index in [0.29, 0.717) is 30.5 Å². The van der Waals surface area contributed by atoms with E-state index >= 15 is 0 Å². The number of Topliss-reactive ketones (excluding diaryl/α,β-unsaturated/α-hetero) is 1. The summed E-state index contributed by atoms with van der Waals surface area (Å²) in [7, 11) is -4.40. The Kier molecular flexibility index (Phi) is 4.56. The van der Waals surface area contributed by atoms with Crippen molar-refractivity contribution in [2.75, 3.05) is 0 Å². The third kappa shape index (κ3) is 3.08. The van der Waals surface area contributed by atoms with E-state index in [2.05, 4.69) is 19.9 Å². The normalized spacial score (nSPS) is 44.1. The van der Waals surface area contributed by atoms with Crippen molar-refractivity contribution in [3.8, 4) is 0 Å². The van der Waals surface area contributed by atoms with Gasteiger partial charge in [0.25, 0.3) is 0 Å². The van der Waals surface area contributed by atoms with Gasteiger partial charge in [0, 0.05) is 18.8 Å². The van der Waals surface area contributed by atoms with E-state index in [1.807, 2.05) is 0 Å². The van der Waals surface area contributed by atoms with Crippen molar-refractivity contribution in [3.05, 3.63) is 17.6 Å². The zero-order chi connectivity index (χ0) is 19.6. The predicted molar refractivity (Wildman–Crippen MR) is 102 cm³/mol. The molecule has 0 bridgehead atoms. The molecule has 0 aromatic carbocycles. The molecule has 0 aliphatic heterocycles. The van der Waals surface area contributed by atoms with Gasteiger partial charge in [0.05, 0.1) is 18.4 Å². The van der Waals surface area contributed by atoms with E-state index in [1.165, 1.54) is 5.57 Å². The Labute approximate surface area is 162 Å². The average Bonchev–Trinajstić information content (AvgIpc) is 2.91. The minimum Gasteiger partial charge on any atom is -0.300 e. The van der Waals surface area contributed by atoms with Crippen LogP contribution in [0.25, 0.3) is 0 Å². The molecule has 0 radical (unpaired) electrons. The second-order valence-corrected chi connectivity index (χ2v) is 10.7. The molecule has 150 valence electrons. The van der Waals surface area contributed by atoms with Crippen molar-refractivity contribution < 1.29 is 21.9 Å². The first-order chi connectivity index (χ1) is 12.5. The minimum absolute atomic E-state index is 0.0694. The van der Waals surface area contributed by atoms with E-state index in [0.717, 1.165) is 38.5 Å². The van der Waals surface area contributed by atoms with Gasteiger partial charge in [-0.25, -0.2) is 4.18 Å². The van der Waals surface area contributed by atoms with Crippen molar-refractivity contribution in [2.45, 2.75) is 78.2 Å². The Bertz CT molecular complexity index is 771. The second kappa shape index (κ2) is 6.33. The molecule has 6 atom stereocenters. The van der Waals surface area contributed by atoms with Crippen LogP contribution in [0, 0.1) is 34.5 Å². The summed E-state index contributed by atoms with van der Waals surface area (Å²) in [6.07, 6.45) is 9.27. The number of hydrogen-bond acceptors (Lipinski definition) is 4. The van der Waals surface area contributed by atoms with E-state index < -0.39 is 16.5 Å². The Morgan fingerprint density at radius 3 is 2.67 bits per heavy atom. The number of carbonyl (C=O) groups excluding carboxylic acids is 1. The van der Waals surface area contributed by atoms with Gasteiger partial charge in [0.2, 0.25) is 0 Å². The molecule has 0 aromatic rings. The molecule has 3 fully saturated rings. The standard InChI is InChI=1S/C21H30O5S/c1-13(22)17-6-7-18-16-5-4-14-12-15(26-27(23,24)25)8-10-20(14,2)19(16)9-11-21(17,18)3/h4,15-17,19H,5-12H2,1-3H3/p+1/t15-,16?,17+,19?,20-,21+/m0/s1. The Morgan fingerprint density at radius 1 is 1.26 bits per heavy atom. The Hall–Kier alpha value is -0.850. The fourth-order valence-corrected chi connectivity index (χ4v) is 7.67. The predicted octanol–water partition coefficient (Wildman–Crippen LogP) is 4.30. The molecule has 0 amide bonds. The van der Waals surface area contributed by atoms with Crippen LogP contribution in [-0.4, -0.2) is 24.9 Å². The van der Waals surface area contributed by atoms with Gasteiger partial charge in [-0.3, -0.25) is 9.35 Å². The lowest BCUT2D eigenvalue weighted by molar-refractivity contribution is -0.124. The summed E-state index contributed by atoms with van der Waals surface area (Å²) < 4.78 is 36.1. The first-order valence-corrected chi connectivity index (χ1v) is 11.6. The molecule has 0 aromatic heterocycles. The molecule has 27 heavy (non-hydrogen) atoms. The molecule has 4 rings (SSSR count). The maximum atomic E-state index is 12.2. The van der Waals surface area contributed by atoms with Gasteiger partial charge < -0.3 is 0 Å². The maximum Gasteiger partial charge on any atom is 0.397 e. The van der Waals surface area contributed by atoms with Crippen LogP contribution in [0.3, 0.4) is 0 Å². The van der Waals surface area contributed by atoms with Gasteiger partial charge in [-0.15, -0.1) is 0 Å². The maximum absolute atomic E-state index is 12.2. The molecule has 6 heteroatoms. The topological polar surface area (TPSA) is 80.7 Å². The van der Waals surface area contributed by atoms with Crippen LogP contribution in [0.2, 0.25) is 0 Å². The highest BCUT2D eigenvalue weighted by Gasteiger charge is 2.66. The molecule has 1 N–H and O–H groups in total. The SMILES string of the molecule is CC(=O)[C@H]1CC[C+]2C3CC=C4C[C@@H](OS(=O)(=O)O)CC[C@]4(C)C3CC[C@@]21C. The lowest BCUT2D eigenvalue weighted by atomic mass is 9.47. The number of rotatable bonds is 3. The smallest absolute Gasteiger partial charge is 0.300 e. The quantitative estimate of drug-likeness (QED) is 0.438. The molecule has 0 saturated heterocycles. The van der Waals surface area contributed by atoms with Gasteiger partial charge >= 0.3 is 10.4 Å². The molecule has 0 heterocycles. The molecule has 3 saturated carbocycles. The monoisotopic (exact) mass is 395 g/mol. The number of hydrogen-bond donors (Lipinski definition) is 1. The first kappa shape index (κ1) is 19.5. The summed E-state index contributed by atoms with van der Waals surface area (Å²) in [6, 6.07) is 0. The van der Waals surface area contributed by atoms with Crippen LogP contribution in [0.1, 0.15) is 72.1 Å². The fourth-order valence-electron chi connectivity index (χ4n) is 7.16. The van der Waals surface area contributed by atoms with Crippen LogP contribution in [-0.2, 0) is 19.4 Å². The summed E-state index contributed by atoms with van der Waals surface area (Å²) in [5.74, 6) is 3.25. The number of ketones is 1. The zero-order valence-electron chi connectivity index (χ0n) is 16.5. The van der Waals surface area contributed by atoms with Crippen LogP contribution in [0.5, 0.6) is 0 Å². The third-order valence-corrected chi connectivity index (χ3v) is 8.98. The van der Waals surface area contributed by atoms with E-state index in [1.54, 1.807) is 12.8 Å². The summed E-state index contributed by atoms with van der Waals surface area (Å²) in [6.45, 7) is 6.40. The first-order valence-electron chi connectivity index (χ1n) is 10.3. The molecule has 4 aliphatic rings. The van der Waals surface area contributed by atoms with E-state index in [-0.39, 0.29) is 16.7 Å². The van der Waals surface area contributed by atoms with Crippen LogP contribution in [0.15, 0.2) is 11.6 Å². The molecule has 0 spiro atoms. The molecular weight excluding hydrogens is 364 g/mol. The van der Waals surface area contributed by atoms with Gasteiger partial charge in [0.15, 0.2) is 0 Å². The largest absolute Gasteiger partial charge is 0.397 e. The van der Waals surface area contributed by atoms with Crippen molar-refractivity contribution in [1.82, 2.24) is 0 Å². The number of fused-ring (bicyclic) bond motifs is 5. The van der Waals surface area contributed by atoms with Crippen molar-refractivity contribution in [2.24, 2.45) is 28.6 Å². The molecular formula is C21H31O5S+. The van der Waals surface area contributed by atoms with Crippen LogP contribution < -0.4 is 0 Å². The van der Waals surface area contributed by atoms with Gasteiger partial charge in [0.1, 0.15) is 23.0 Å². The summed E-state index contributed by atoms with van der Waals surface area (Å²) >= 11 is 0. The van der Waals surface area contributed by atoms with E-state index in [4.69, 9.17) is 8.74 Å². The summed E-state index contributed by atoms with van der Waals surface area (Å²) in [4.78, 5) is 12.2. The molecule has 5 nitrogen and oxygen atoms in total. The summed E-state index contributed by atoms with van der Waals surface area (Å²) in [5.41, 5.74) is 1.44. The van der Waals surface area contributed by atoms with Gasteiger partial charge in [-0.1, -0.05) is 18.6 Å². The zero-order valence-corrected chi connectivity index (χ0v) is 17.3. The number of allylic oxidation sites excluding steroid dienone is 1. The van der Waals surface area contributed by atoms with E-state index in [9.17, 15) is 13.2 Å². The van der Waals surface area contributed by atoms with Crippen molar-refractivity contribution in [1.29, 1.82) is 0 Å². The Morgan fingerprint density at radius 2 is 2.00 bits per heavy atom. The number of carbonyl (C=O) groups is 1. The Balaban J connectivity index is 1.58. The highest BCUT2D eigenvalue weighted by Crippen LogP contribution is 2.67.